The lowest BCUT2D eigenvalue weighted by Crippen LogP contribution is -2.24. The SMILES string of the molecule is CCNC(CC(C)CC(C)(C)C)c1ccc(Cl)cc1. The second-order valence-electron chi connectivity index (χ2n) is 6.77. The minimum Gasteiger partial charge on any atom is -0.310 e. The van der Waals surface area contributed by atoms with Crippen molar-refractivity contribution in [1.82, 2.24) is 5.32 Å². The van der Waals surface area contributed by atoms with Gasteiger partial charge in [-0.15, -0.1) is 0 Å². The highest BCUT2D eigenvalue weighted by molar-refractivity contribution is 6.30. The Balaban J connectivity index is 2.70. The Morgan fingerprint density at radius 3 is 2.21 bits per heavy atom. The van der Waals surface area contributed by atoms with Gasteiger partial charge in [0.05, 0.1) is 0 Å². The Hall–Kier alpha value is -0.530. The van der Waals surface area contributed by atoms with E-state index >= 15 is 0 Å². The second kappa shape index (κ2) is 7.31. The predicted octanol–water partition coefficient (Wildman–Crippen LogP) is 5.45. The Kier molecular flexibility index (Phi) is 6.35. The zero-order chi connectivity index (χ0) is 14.5. The van der Waals surface area contributed by atoms with Crippen LogP contribution >= 0.6 is 11.6 Å². The topological polar surface area (TPSA) is 12.0 Å². The molecule has 1 nitrogen and oxygen atoms in total. The van der Waals surface area contributed by atoms with Crippen molar-refractivity contribution in [3.05, 3.63) is 34.9 Å². The van der Waals surface area contributed by atoms with Gasteiger partial charge < -0.3 is 5.32 Å². The van der Waals surface area contributed by atoms with Crippen molar-refractivity contribution in [1.29, 1.82) is 0 Å². The fraction of sp³-hybridized carbons (Fsp3) is 0.647. The van der Waals surface area contributed by atoms with Crippen molar-refractivity contribution in [2.24, 2.45) is 11.3 Å². The molecule has 2 heteroatoms. The lowest BCUT2D eigenvalue weighted by molar-refractivity contribution is 0.276. The van der Waals surface area contributed by atoms with E-state index in [1.807, 2.05) is 12.1 Å². The van der Waals surface area contributed by atoms with E-state index in [4.69, 9.17) is 11.6 Å². The fourth-order valence-corrected chi connectivity index (χ4v) is 2.94. The number of rotatable bonds is 6. The molecule has 0 aliphatic carbocycles. The van der Waals surface area contributed by atoms with Gasteiger partial charge in [-0.3, -0.25) is 0 Å². The van der Waals surface area contributed by atoms with Gasteiger partial charge in [-0.2, -0.15) is 0 Å². The van der Waals surface area contributed by atoms with Gasteiger partial charge in [0.2, 0.25) is 0 Å². The maximum Gasteiger partial charge on any atom is 0.0406 e. The van der Waals surface area contributed by atoms with Crippen molar-refractivity contribution >= 4 is 11.6 Å². The maximum absolute atomic E-state index is 5.97. The summed E-state index contributed by atoms with van der Waals surface area (Å²) in [6.45, 7) is 12.5. The van der Waals surface area contributed by atoms with Crippen molar-refractivity contribution in [3.8, 4) is 0 Å². The molecule has 2 unspecified atom stereocenters. The van der Waals surface area contributed by atoms with E-state index in [9.17, 15) is 0 Å². The molecule has 0 spiro atoms. The summed E-state index contributed by atoms with van der Waals surface area (Å²) in [4.78, 5) is 0. The van der Waals surface area contributed by atoms with E-state index in [0.29, 0.717) is 17.4 Å². The number of benzene rings is 1. The van der Waals surface area contributed by atoms with Crippen LogP contribution in [0.1, 0.15) is 59.1 Å². The molecule has 1 rings (SSSR count). The average molecular weight is 282 g/mol. The zero-order valence-corrected chi connectivity index (χ0v) is 13.7. The summed E-state index contributed by atoms with van der Waals surface area (Å²) in [7, 11) is 0. The molecule has 0 aliphatic heterocycles. The molecule has 0 fully saturated rings. The first kappa shape index (κ1) is 16.5. The van der Waals surface area contributed by atoms with Gasteiger partial charge in [0.25, 0.3) is 0 Å². The van der Waals surface area contributed by atoms with E-state index in [1.54, 1.807) is 0 Å². The molecule has 0 heterocycles. The molecule has 0 amide bonds. The quantitative estimate of drug-likeness (QED) is 0.731. The lowest BCUT2D eigenvalue weighted by Gasteiger charge is -2.27. The third-order valence-electron chi connectivity index (χ3n) is 3.32. The molecular formula is C17H28ClN. The smallest absolute Gasteiger partial charge is 0.0406 e. The Bertz CT molecular complexity index is 364. The Morgan fingerprint density at radius 1 is 1.16 bits per heavy atom. The molecule has 1 aromatic rings. The van der Waals surface area contributed by atoms with E-state index in [0.717, 1.165) is 11.6 Å². The van der Waals surface area contributed by atoms with Crippen LogP contribution in [0, 0.1) is 11.3 Å². The van der Waals surface area contributed by atoms with E-state index in [-0.39, 0.29) is 0 Å². The van der Waals surface area contributed by atoms with Crippen LogP contribution in [0.5, 0.6) is 0 Å². The van der Waals surface area contributed by atoms with Gasteiger partial charge in [0, 0.05) is 11.1 Å². The molecule has 0 aromatic heterocycles. The average Bonchev–Trinajstić information content (AvgIpc) is 2.27. The summed E-state index contributed by atoms with van der Waals surface area (Å²) in [6.07, 6.45) is 2.43. The van der Waals surface area contributed by atoms with Crippen LogP contribution in [0.15, 0.2) is 24.3 Å². The predicted molar refractivity (Wildman–Crippen MR) is 85.7 cm³/mol. The van der Waals surface area contributed by atoms with E-state index < -0.39 is 0 Å². The van der Waals surface area contributed by atoms with Gasteiger partial charge in [-0.05, 0) is 48.4 Å². The number of hydrogen-bond acceptors (Lipinski definition) is 1. The molecule has 0 aliphatic rings. The molecule has 108 valence electrons. The van der Waals surface area contributed by atoms with Gasteiger partial charge in [0.15, 0.2) is 0 Å². The summed E-state index contributed by atoms with van der Waals surface area (Å²) in [5, 5.41) is 4.40. The van der Waals surface area contributed by atoms with Crippen molar-refractivity contribution in [3.63, 3.8) is 0 Å². The summed E-state index contributed by atoms with van der Waals surface area (Å²) in [6, 6.07) is 8.67. The van der Waals surface area contributed by atoms with Crippen LogP contribution < -0.4 is 5.32 Å². The molecule has 19 heavy (non-hydrogen) atoms. The molecule has 1 aromatic carbocycles. The Morgan fingerprint density at radius 2 is 1.74 bits per heavy atom. The number of hydrogen-bond donors (Lipinski definition) is 1. The van der Waals surface area contributed by atoms with Gasteiger partial charge in [-0.1, -0.05) is 58.4 Å². The summed E-state index contributed by atoms with van der Waals surface area (Å²) < 4.78 is 0. The number of halogens is 1. The van der Waals surface area contributed by atoms with Gasteiger partial charge in [-0.25, -0.2) is 0 Å². The van der Waals surface area contributed by atoms with E-state index in [1.165, 1.54) is 18.4 Å². The van der Waals surface area contributed by atoms with Gasteiger partial charge in [0.1, 0.15) is 0 Å². The number of nitrogens with one attached hydrogen (secondary N) is 1. The highest BCUT2D eigenvalue weighted by Crippen LogP contribution is 2.30. The van der Waals surface area contributed by atoms with Crippen molar-refractivity contribution in [2.75, 3.05) is 6.54 Å². The van der Waals surface area contributed by atoms with Gasteiger partial charge >= 0.3 is 0 Å². The maximum atomic E-state index is 5.97. The first-order valence-electron chi connectivity index (χ1n) is 7.30. The second-order valence-corrected chi connectivity index (χ2v) is 7.20. The largest absolute Gasteiger partial charge is 0.310 e. The first-order valence-corrected chi connectivity index (χ1v) is 7.68. The molecular weight excluding hydrogens is 254 g/mol. The van der Waals surface area contributed by atoms with Crippen molar-refractivity contribution in [2.45, 2.75) is 53.5 Å². The molecule has 0 radical (unpaired) electrons. The summed E-state index contributed by atoms with van der Waals surface area (Å²) >= 11 is 5.97. The lowest BCUT2D eigenvalue weighted by atomic mass is 9.82. The third kappa shape index (κ3) is 6.44. The van der Waals surface area contributed by atoms with Crippen LogP contribution in [0.3, 0.4) is 0 Å². The third-order valence-corrected chi connectivity index (χ3v) is 3.57. The molecule has 0 saturated heterocycles. The van der Waals surface area contributed by atoms with Crippen LogP contribution in [-0.4, -0.2) is 6.54 Å². The molecule has 0 saturated carbocycles. The minimum absolute atomic E-state index is 0.399. The molecule has 2 atom stereocenters. The first-order chi connectivity index (χ1) is 8.81. The fourth-order valence-electron chi connectivity index (χ4n) is 2.81. The summed E-state index contributed by atoms with van der Waals surface area (Å²) in [5.41, 5.74) is 1.74. The Labute approximate surface area is 123 Å². The van der Waals surface area contributed by atoms with Crippen LogP contribution in [0.4, 0.5) is 0 Å². The molecule has 1 N–H and O–H groups in total. The van der Waals surface area contributed by atoms with Crippen LogP contribution in [0.25, 0.3) is 0 Å². The summed E-state index contributed by atoms with van der Waals surface area (Å²) in [5.74, 6) is 0.708. The molecule has 0 bridgehead atoms. The highest BCUT2D eigenvalue weighted by Gasteiger charge is 2.19. The minimum atomic E-state index is 0.399. The van der Waals surface area contributed by atoms with E-state index in [2.05, 4.69) is 52.1 Å². The van der Waals surface area contributed by atoms with Crippen molar-refractivity contribution < 1.29 is 0 Å². The van der Waals surface area contributed by atoms with Crippen LogP contribution in [0.2, 0.25) is 5.02 Å². The normalized spacial score (nSPS) is 15.3. The monoisotopic (exact) mass is 281 g/mol. The highest BCUT2D eigenvalue weighted by atomic mass is 35.5. The van der Waals surface area contributed by atoms with Crippen LogP contribution in [-0.2, 0) is 0 Å². The zero-order valence-electron chi connectivity index (χ0n) is 13.0. The standard InChI is InChI=1S/C17H28ClN/c1-6-19-16(11-13(2)12-17(3,4)5)14-7-9-15(18)10-8-14/h7-10,13,16,19H,6,11-12H2,1-5H3.